The molecule has 8 heteroatoms. The first kappa shape index (κ1) is 30.1. The Labute approximate surface area is 246 Å². The van der Waals surface area contributed by atoms with E-state index in [2.05, 4.69) is 10.6 Å². The molecule has 4 aromatic rings. The van der Waals surface area contributed by atoms with Gasteiger partial charge in [0.1, 0.15) is 18.5 Å². The average Bonchev–Trinajstić information content (AvgIpc) is 2.98. The van der Waals surface area contributed by atoms with Gasteiger partial charge in [-0.1, -0.05) is 80.6 Å². The van der Waals surface area contributed by atoms with Crippen LogP contribution in [0.3, 0.4) is 0 Å². The van der Waals surface area contributed by atoms with Gasteiger partial charge in [-0.05, 0) is 60.2 Å². The van der Waals surface area contributed by atoms with Gasteiger partial charge in [0.15, 0.2) is 0 Å². The Balaban J connectivity index is 1.49. The lowest BCUT2D eigenvalue weighted by Crippen LogP contribution is -2.29. The van der Waals surface area contributed by atoms with Crippen LogP contribution in [0.2, 0.25) is 0 Å². The van der Waals surface area contributed by atoms with Gasteiger partial charge in [0.25, 0.3) is 0 Å². The Hall–Kier alpha value is -4.82. The largest absolute Gasteiger partial charge is 0.491 e. The van der Waals surface area contributed by atoms with E-state index in [4.69, 9.17) is 15.2 Å². The van der Waals surface area contributed by atoms with E-state index in [1.807, 2.05) is 74.5 Å². The summed E-state index contributed by atoms with van der Waals surface area (Å²) >= 11 is 0. The van der Waals surface area contributed by atoms with Crippen LogP contribution in [0.25, 0.3) is 10.8 Å². The second-order valence-electron chi connectivity index (χ2n) is 10.6. The molecule has 5 N–H and O–H groups in total. The lowest BCUT2D eigenvalue weighted by atomic mass is 9.78. The third-order valence-electron chi connectivity index (χ3n) is 6.93. The zero-order valence-corrected chi connectivity index (χ0v) is 23.9. The smallest absolute Gasteiger partial charge is 0.412 e. The predicted octanol–water partition coefficient (Wildman–Crippen LogP) is 7.08. The van der Waals surface area contributed by atoms with E-state index in [1.165, 1.54) is 6.08 Å². The summed E-state index contributed by atoms with van der Waals surface area (Å²) in [6.45, 7) is 4.08. The minimum Gasteiger partial charge on any atom is -0.491 e. The fourth-order valence-electron chi connectivity index (χ4n) is 4.75. The summed E-state index contributed by atoms with van der Waals surface area (Å²) in [6, 6.07) is 27.9. The lowest BCUT2D eigenvalue weighted by Gasteiger charge is -2.34. The van der Waals surface area contributed by atoms with Crippen molar-refractivity contribution in [2.75, 3.05) is 29.6 Å². The van der Waals surface area contributed by atoms with Gasteiger partial charge >= 0.3 is 6.09 Å². The molecule has 4 aromatic carbocycles. The van der Waals surface area contributed by atoms with Crippen LogP contribution in [-0.2, 0) is 9.53 Å². The number of aliphatic hydroxyl groups is 1. The number of hydrogen-bond acceptors (Lipinski definition) is 6. The van der Waals surface area contributed by atoms with E-state index in [9.17, 15) is 14.7 Å². The minimum absolute atomic E-state index is 0.111. The summed E-state index contributed by atoms with van der Waals surface area (Å²) in [7, 11) is 0. The number of aliphatic hydroxyl groups excluding tert-OH is 1. The molecule has 0 radical (unpaired) electrons. The highest BCUT2D eigenvalue weighted by atomic mass is 16.6. The maximum Gasteiger partial charge on any atom is 0.412 e. The van der Waals surface area contributed by atoms with Crippen LogP contribution in [0, 0.1) is 5.41 Å². The van der Waals surface area contributed by atoms with Gasteiger partial charge in [0.05, 0.1) is 23.7 Å². The number of carbonyl (C=O) groups excluding carboxylic acids is 2. The quantitative estimate of drug-likeness (QED) is 0.107. The van der Waals surface area contributed by atoms with Gasteiger partial charge in [-0.15, -0.1) is 0 Å². The third kappa shape index (κ3) is 8.11. The summed E-state index contributed by atoms with van der Waals surface area (Å²) in [5.74, 6) is 0.291. The Morgan fingerprint density at radius 2 is 1.64 bits per heavy atom. The number of carbonyl (C=O) groups is 2. The lowest BCUT2D eigenvalue weighted by molar-refractivity contribution is -0.111. The van der Waals surface area contributed by atoms with E-state index < -0.39 is 17.6 Å². The number of benzene rings is 4. The number of hydrogen-bond donors (Lipinski definition) is 4. The van der Waals surface area contributed by atoms with Crippen molar-refractivity contribution in [1.29, 1.82) is 0 Å². The summed E-state index contributed by atoms with van der Waals surface area (Å²) in [5, 5.41) is 16.8. The molecule has 218 valence electrons. The monoisotopic (exact) mass is 567 g/mol. The number of nitrogens with two attached hydrogens (primary N) is 1. The van der Waals surface area contributed by atoms with Crippen molar-refractivity contribution >= 4 is 39.8 Å². The van der Waals surface area contributed by atoms with Gasteiger partial charge in [-0.25, -0.2) is 4.79 Å². The molecule has 0 unspecified atom stereocenters. The first-order valence-corrected chi connectivity index (χ1v) is 13.9. The van der Waals surface area contributed by atoms with Gasteiger partial charge in [-0.2, -0.15) is 0 Å². The number of anilines is 3. The Morgan fingerprint density at radius 3 is 2.45 bits per heavy atom. The number of nitrogen functional groups attached to an aromatic ring is 1. The molecule has 42 heavy (non-hydrogen) atoms. The molecule has 0 fully saturated rings. The molecule has 2 amide bonds. The van der Waals surface area contributed by atoms with Gasteiger partial charge in [0.2, 0.25) is 5.91 Å². The van der Waals surface area contributed by atoms with Crippen molar-refractivity contribution in [2.24, 2.45) is 5.41 Å². The number of para-hydroxylation sites is 2. The topological polar surface area (TPSA) is 123 Å². The van der Waals surface area contributed by atoms with Crippen molar-refractivity contribution in [3.8, 4) is 5.75 Å². The van der Waals surface area contributed by atoms with Crippen LogP contribution < -0.4 is 21.1 Å². The second kappa shape index (κ2) is 14.2. The molecule has 0 aliphatic rings. The van der Waals surface area contributed by atoms with Crippen LogP contribution in [-0.4, -0.2) is 30.3 Å². The Kier molecular flexibility index (Phi) is 10.2. The summed E-state index contributed by atoms with van der Waals surface area (Å²) in [6.07, 6.45) is 3.23. The normalized spacial score (nSPS) is 12.2. The highest BCUT2D eigenvalue weighted by Crippen LogP contribution is 2.41. The molecule has 0 bridgehead atoms. The third-order valence-corrected chi connectivity index (χ3v) is 6.93. The number of amides is 2. The van der Waals surface area contributed by atoms with Gasteiger partial charge in [0, 0.05) is 10.8 Å². The molecule has 1 atom stereocenters. The molecule has 0 aliphatic heterocycles. The fourth-order valence-corrected chi connectivity index (χ4v) is 4.75. The summed E-state index contributed by atoms with van der Waals surface area (Å²) in [5.41, 5.74) is 7.84. The SMILES string of the molecule is CC(C)(CC/C=C/C(=O)Nc1ccccc1N)[C@@H](OC(=O)Nc1cccc2ccccc12)c1cccc(OCCO)c1. The Morgan fingerprint density at radius 1 is 0.929 bits per heavy atom. The van der Waals surface area contributed by atoms with Crippen LogP contribution in [0.4, 0.5) is 21.9 Å². The van der Waals surface area contributed by atoms with Crippen molar-refractivity contribution in [3.05, 3.63) is 109 Å². The molecular weight excluding hydrogens is 530 g/mol. The minimum atomic E-state index is -0.642. The number of fused-ring (bicyclic) bond motifs is 1. The van der Waals surface area contributed by atoms with E-state index in [0.717, 1.165) is 16.3 Å². The fraction of sp³-hybridized carbons (Fsp3) is 0.235. The van der Waals surface area contributed by atoms with E-state index in [-0.39, 0.29) is 19.1 Å². The van der Waals surface area contributed by atoms with Crippen LogP contribution >= 0.6 is 0 Å². The average molecular weight is 568 g/mol. The number of rotatable bonds is 12. The standard InChI is InChI=1S/C34H37N3O5/c1-34(2,20-8-7-19-31(39)36-30-17-6-5-16-28(30)35)32(25-13-9-14-26(23-25)41-22-21-38)42-33(40)37-29-18-10-12-24-11-3-4-15-27(24)29/h3-7,9-19,23,32,38H,8,20-22,35H2,1-2H3,(H,36,39)(H,37,40)/b19-7+/t32-/m0/s1. The highest BCUT2D eigenvalue weighted by Gasteiger charge is 2.34. The number of ether oxygens (including phenoxy) is 2. The van der Waals surface area contributed by atoms with Crippen molar-refractivity contribution in [1.82, 2.24) is 0 Å². The maximum absolute atomic E-state index is 13.3. The molecule has 0 saturated carbocycles. The molecular formula is C34H37N3O5. The zero-order valence-electron chi connectivity index (χ0n) is 23.9. The van der Waals surface area contributed by atoms with E-state index in [1.54, 1.807) is 36.4 Å². The molecule has 0 aliphatic carbocycles. The van der Waals surface area contributed by atoms with E-state index in [0.29, 0.717) is 35.7 Å². The van der Waals surface area contributed by atoms with Crippen molar-refractivity contribution in [2.45, 2.75) is 32.8 Å². The summed E-state index contributed by atoms with van der Waals surface area (Å²) in [4.78, 5) is 25.7. The first-order chi connectivity index (χ1) is 20.3. The maximum atomic E-state index is 13.3. The van der Waals surface area contributed by atoms with Crippen LogP contribution in [0.1, 0.15) is 38.4 Å². The van der Waals surface area contributed by atoms with E-state index >= 15 is 0 Å². The second-order valence-corrected chi connectivity index (χ2v) is 10.6. The molecule has 8 nitrogen and oxygen atoms in total. The van der Waals surface area contributed by atoms with Gasteiger partial charge < -0.3 is 25.6 Å². The number of nitrogens with one attached hydrogen (secondary N) is 2. The molecule has 0 spiro atoms. The predicted molar refractivity (Wildman–Crippen MR) is 167 cm³/mol. The Bertz CT molecular complexity index is 1540. The van der Waals surface area contributed by atoms with Crippen molar-refractivity contribution in [3.63, 3.8) is 0 Å². The molecule has 0 heterocycles. The number of allylic oxidation sites excluding steroid dienone is 1. The molecule has 0 aromatic heterocycles. The van der Waals surface area contributed by atoms with Crippen LogP contribution in [0.15, 0.2) is 103 Å². The molecule has 0 saturated heterocycles. The zero-order chi connectivity index (χ0) is 30.0. The first-order valence-electron chi connectivity index (χ1n) is 13.9. The van der Waals surface area contributed by atoms with Crippen LogP contribution in [0.5, 0.6) is 5.75 Å². The van der Waals surface area contributed by atoms with Crippen molar-refractivity contribution < 1.29 is 24.2 Å². The summed E-state index contributed by atoms with van der Waals surface area (Å²) < 4.78 is 11.7. The van der Waals surface area contributed by atoms with Gasteiger partial charge in [-0.3, -0.25) is 10.1 Å². The molecule has 4 rings (SSSR count). The highest BCUT2D eigenvalue weighted by molar-refractivity contribution is 6.01.